The molecule has 34 heavy (non-hydrogen) atoms. The lowest BCUT2D eigenvalue weighted by molar-refractivity contribution is 0.0695. The van der Waals surface area contributed by atoms with Gasteiger partial charge in [0.2, 0.25) is 0 Å². The molecule has 3 aromatic rings. The van der Waals surface area contributed by atoms with Crippen LogP contribution in [0.3, 0.4) is 0 Å². The van der Waals surface area contributed by atoms with Crippen molar-refractivity contribution >= 4 is 65.4 Å². The Balaban J connectivity index is 0.000000255. The van der Waals surface area contributed by atoms with E-state index in [1.54, 1.807) is 32.4 Å². The summed E-state index contributed by atoms with van der Waals surface area (Å²) in [6.07, 6.45) is 0. The summed E-state index contributed by atoms with van der Waals surface area (Å²) in [7, 11) is 4.74. The number of hydrogen-bond acceptors (Lipinski definition) is 5. The Bertz CT molecular complexity index is 1030. The van der Waals surface area contributed by atoms with E-state index in [0.717, 1.165) is 31.6 Å². The zero-order valence-electron chi connectivity index (χ0n) is 18.6. The highest BCUT2D eigenvalue weighted by Gasteiger charge is 2.08. The smallest absolute Gasteiger partial charge is 0.336 e. The average Bonchev–Trinajstić information content (AvgIpc) is 2.85. The topological polar surface area (TPSA) is 85.2 Å². The molecule has 3 aromatic carbocycles. The van der Waals surface area contributed by atoms with E-state index in [0.29, 0.717) is 16.1 Å². The average molecular weight is 684 g/mol. The van der Waals surface area contributed by atoms with Crippen molar-refractivity contribution in [2.75, 3.05) is 21.3 Å². The third kappa shape index (κ3) is 9.84. The molecule has 0 aliphatic rings. The van der Waals surface area contributed by atoms with Crippen LogP contribution in [0.5, 0.6) is 17.2 Å². The fourth-order valence-corrected chi connectivity index (χ4v) is 3.93. The maximum atomic E-state index is 10.6. The van der Waals surface area contributed by atoms with Crippen molar-refractivity contribution in [3.63, 3.8) is 0 Å². The standard InChI is InChI=1S/C8H8BrClO.C8H7BrO3.C8H9BrO2/c1-11-7-2-3-8(9)6(4-7)5-10;1-12-5-2-3-7(9)6(4-5)8(10)11;1-11-7-2-3-8(9)6(4-7)5-10/h2-4H,5H2,1H3;2-4H,1H3,(H,10,11);2-4,10H,5H2,1H3. The number of hydrogen-bond donors (Lipinski definition) is 2. The third-order valence-corrected chi connectivity index (χ3v) is 6.75. The lowest BCUT2D eigenvalue weighted by atomic mass is 10.2. The molecule has 0 radical (unpaired) electrons. The normalized spacial score (nSPS) is 9.65. The van der Waals surface area contributed by atoms with Crippen LogP contribution in [0.1, 0.15) is 21.5 Å². The second kappa shape index (κ2) is 16.0. The molecular formula is C24H24Br3ClO6. The second-order valence-electron chi connectivity index (χ2n) is 6.36. The van der Waals surface area contributed by atoms with E-state index < -0.39 is 5.97 Å². The quantitative estimate of drug-likeness (QED) is 0.266. The van der Waals surface area contributed by atoms with Crippen LogP contribution in [0.15, 0.2) is 68.0 Å². The molecule has 2 N–H and O–H groups in total. The number of ether oxygens (including phenoxy) is 3. The van der Waals surface area contributed by atoms with Crippen LogP contribution >= 0.6 is 59.4 Å². The minimum absolute atomic E-state index is 0.0256. The molecule has 0 fully saturated rings. The Hall–Kier alpha value is -1.78. The van der Waals surface area contributed by atoms with Crippen molar-refractivity contribution in [2.24, 2.45) is 0 Å². The van der Waals surface area contributed by atoms with Crippen LogP contribution in [-0.2, 0) is 12.5 Å². The summed E-state index contributed by atoms with van der Waals surface area (Å²) in [4.78, 5) is 10.6. The van der Waals surface area contributed by atoms with E-state index in [-0.39, 0.29) is 12.2 Å². The zero-order valence-corrected chi connectivity index (χ0v) is 24.2. The van der Waals surface area contributed by atoms with Crippen LogP contribution in [0.4, 0.5) is 0 Å². The van der Waals surface area contributed by atoms with Gasteiger partial charge in [-0.3, -0.25) is 0 Å². The van der Waals surface area contributed by atoms with Crippen LogP contribution in [0, 0.1) is 0 Å². The number of aliphatic hydroxyl groups excluding tert-OH is 1. The summed E-state index contributed by atoms with van der Waals surface area (Å²) in [5, 5.41) is 17.6. The summed E-state index contributed by atoms with van der Waals surface area (Å²) in [6.45, 7) is 0.0256. The number of rotatable bonds is 6. The van der Waals surface area contributed by atoms with Crippen molar-refractivity contribution in [2.45, 2.75) is 12.5 Å². The molecule has 6 nitrogen and oxygen atoms in total. The lowest BCUT2D eigenvalue weighted by Gasteiger charge is -2.03. The Labute approximate surface area is 229 Å². The lowest BCUT2D eigenvalue weighted by Crippen LogP contribution is -1.98. The molecule has 0 aliphatic heterocycles. The first kappa shape index (κ1) is 30.3. The van der Waals surface area contributed by atoms with Gasteiger partial charge in [-0.25, -0.2) is 4.79 Å². The molecule has 10 heteroatoms. The number of carbonyl (C=O) groups is 1. The van der Waals surface area contributed by atoms with Crippen LogP contribution in [0.25, 0.3) is 0 Å². The minimum Gasteiger partial charge on any atom is -0.497 e. The number of benzene rings is 3. The van der Waals surface area contributed by atoms with Gasteiger partial charge in [0.15, 0.2) is 0 Å². The van der Waals surface area contributed by atoms with E-state index in [2.05, 4.69) is 47.8 Å². The van der Waals surface area contributed by atoms with Gasteiger partial charge in [0.1, 0.15) is 17.2 Å². The van der Waals surface area contributed by atoms with Crippen molar-refractivity contribution in [1.82, 2.24) is 0 Å². The summed E-state index contributed by atoms with van der Waals surface area (Å²) in [5.41, 5.74) is 2.09. The molecule has 0 spiro atoms. The molecule has 0 atom stereocenters. The Morgan fingerprint density at radius 1 is 0.765 bits per heavy atom. The summed E-state index contributed by atoms with van der Waals surface area (Å²) < 4.78 is 17.4. The van der Waals surface area contributed by atoms with Gasteiger partial charge < -0.3 is 24.4 Å². The zero-order chi connectivity index (χ0) is 25.7. The van der Waals surface area contributed by atoms with Crippen molar-refractivity contribution < 1.29 is 29.2 Å². The van der Waals surface area contributed by atoms with E-state index >= 15 is 0 Å². The van der Waals surface area contributed by atoms with Gasteiger partial charge in [0.05, 0.1) is 33.5 Å². The number of aliphatic hydroxyl groups is 1. The highest BCUT2D eigenvalue weighted by Crippen LogP contribution is 2.24. The van der Waals surface area contributed by atoms with E-state index in [4.69, 9.17) is 36.0 Å². The molecular weight excluding hydrogens is 659 g/mol. The van der Waals surface area contributed by atoms with Crippen LogP contribution in [0.2, 0.25) is 0 Å². The van der Waals surface area contributed by atoms with Crippen LogP contribution in [-0.4, -0.2) is 37.5 Å². The number of carboxylic acid groups (broad SMARTS) is 1. The van der Waals surface area contributed by atoms with Gasteiger partial charge in [-0.05, 0) is 81.7 Å². The minimum atomic E-state index is -0.972. The molecule has 0 aliphatic carbocycles. The number of methoxy groups -OCH3 is 3. The highest BCUT2D eigenvalue weighted by atomic mass is 79.9. The molecule has 0 amide bonds. The SMILES string of the molecule is COc1ccc(Br)c(C(=O)O)c1.COc1ccc(Br)c(CCl)c1.COc1ccc(Br)c(CO)c1. The molecule has 0 saturated heterocycles. The van der Waals surface area contributed by atoms with Gasteiger partial charge >= 0.3 is 5.97 Å². The fourth-order valence-electron chi connectivity index (χ4n) is 2.37. The Kier molecular flexibility index (Phi) is 14.2. The van der Waals surface area contributed by atoms with Crippen molar-refractivity contribution in [1.29, 1.82) is 0 Å². The third-order valence-electron chi connectivity index (χ3n) is 4.22. The first-order chi connectivity index (χ1) is 16.2. The summed E-state index contributed by atoms with van der Waals surface area (Å²) in [6, 6.07) is 16.0. The monoisotopic (exact) mass is 680 g/mol. The maximum Gasteiger partial charge on any atom is 0.336 e. The van der Waals surface area contributed by atoms with E-state index in [9.17, 15) is 4.79 Å². The van der Waals surface area contributed by atoms with Gasteiger partial charge in [-0.15, -0.1) is 11.6 Å². The van der Waals surface area contributed by atoms with Gasteiger partial charge in [0.25, 0.3) is 0 Å². The first-order valence-corrected chi connectivity index (χ1v) is 12.5. The molecule has 0 bridgehead atoms. The van der Waals surface area contributed by atoms with Gasteiger partial charge in [0, 0.05) is 19.3 Å². The number of halogens is 4. The van der Waals surface area contributed by atoms with E-state index in [1.165, 1.54) is 13.2 Å². The predicted octanol–water partition coefficient (Wildman–Crippen LogP) is 7.30. The predicted molar refractivity (Wildman–Crippen MR) is 145 cm³/mol. The van der Waals surface area contributed by atoms with Gasteiger partial charge in [-0.2, -0.15) is 0 Å². The van der Waals surface area contributed by atoms with E-state index in [1.807, 2.05) is 30.3 Å². The number of carboxylic acids is 1. The summed E-state index contributed by atoms with van der Waals surface area (Å²) >= 11 is 15.5. The molecule has 0 unspecified atom stereocenters. The fraction of sp³-hybridized carbons (Fsp3) is 0.208. The molecule has 184 valence electrons. The number of alkyl halides is 1. The Morgan fingerprint density at radius 3 is 1.59 bits per heavy atom. The highest BCUT2D eigenvalue weighted by molar-refractivity contribution is 9.11. The van der Waals surface area contributed by atoms with Crippen molar-refractivity contribution in [3.05, 3.63) is 84.7 Å². The Morgan fingerprint density at radius 2 is 1.18 bits per heavy atom. The van der Waals surface area contributed by atoms with Gasteiger partial charge in [-0.1, -0.05) is 31.9 Å². The molecule has 0 saturated carbocycles. The number of aromatic carboxylic acids is 1. The second-order valence-corrected chi connectivity index (χ2v) is 9.19. The molecule has 0 aromatic heterocycles. The molecule has 3 rings (SSSR count). The summed E-state index contributed by atoms with van der Waals surface area (Å²) in [5.74, 6) is 1.66. The van der Waals surface area contributed by atoms with Crippen LogP contribution < -0.4 is 14.2 Å². The van der Waals surface area contributed by atoms with Crippen molar-refractivity contribution in [3.8, 4) is 17.2 Å². The first-order valence-electron chi connectivity index (χ1n) is 9.59. The molecule has 0 heterocycles. The maximum absolute atomic E-state index is 10.6. The largest absolute Gasteiger partial charge is 0.497 e.